The number of para-hydroxylation sites is 2. The molecule has 2 heterocycles. The normalized spacial score (nSPS) is 14.2. The molecule has 246 valence electrons. The molecule has 0 fully saturated rings. The predicted molar refractivity (Wildman–Crippen MR) is 218 cm³/mol. The van der Waals surface area contributed by atoms with Crippen molar-refractivity contribution in [3.05, 3.63) is 168 Å². The lowest BCUT2D eigenvalue weighted by Gasteiger charge is -2.32. The molecule has 2 aliphatic heterocycles. The molecule has 0 N–H and O–H groups in total. The third-order valence-corrected chi connectivity index (χ3v) is 11.3. The summed E-state index contributed by atoms with van der Waals surface area (Å²) in [5, 5.41) is 7.73. The van der Waals surface area contributed by atoms with Crippen molar-refractivity contribution in [3.63, 3.8) is 0 Å². The van der Waals surface area contributed by atoms with E-state index in [-0.39, 0.29) is 0 Å². The zero-order valence-corrected chi connectivity index (χ0v) is 29.1. The molecule has 10 rings (SSSR count). The van der Waals surface area contributed by atoms with Crippen LogP contribution in [0.1, 0.15) is 29.5 Å². The van der Waals surface area contributed by atoms with Gasteiger partial charge < -0.3 is 9.80 Å². The first-order chi connectivity index (χ1) is 25.2. The maximum Gasteiger partial charge on any atom is 0.0443 e. The van der Waals surface area contributed by atoms with Crippen molar-refractivity contribution in [2.75, 3.05) is 22.9 Å². The van der Waals surface area contributed by atoms with Crippen LogP contribution in [0.3, 0.4) is 0 Å². The van der Waals surface area contributed by atoms with E-state index in [4.69, 9.17) is 0 Å². The van der Waals surface area contributed by atoms with Crippen LogP contribution in [0.2, 0.25) is 0 Å². The quantitative estimate of drug-likeness (QED) is 0.174. The van der Waals surface area contributed by atoms with Crippen molar-refractivity contribution < 1.29 is 0 Å². The van der Waals surface area contributed by atoms with Gasteiger partial charge in [0.05, 0.1) is 0 Å². The minimum absolute atomic E-state index is 1.02. The van der Waals surface area contributed by atoms with Crippen LogP contribution in [0.4, 0.5) is 22.7 Å². The highest BCUT2D eigenvalue weighted by molar-refractivity contribution is 6.24. The van der Waals surface area contributed by atoms with E-state index in [1.54, 1.807) is 0 Å². The number of hydrogen-bond acceptors (Lipinski definition) is 2. The lowest BCUT2D eigenvalue weighted by atomic mass is 9.84. The van der Waals surface area contributed by atoms with Gasteiger partial charge in [0.2, 0.25) is 0 Å². The Labute approximate surface area is 300 Å². The van der Waals surface area contributed by atoms with Gasteiger partial charge in [0.1, 0.15) is 0 Å². The molecule has 8 aromatic carbocycles. The molecule has 0 saturated carbocycles. The first-order valence-electron chi connectivity index (χ1n) is 18.5. The molecule has 0 bridgehead atoms. The molecule has 2 aliphatic rings. The Morgan fingerprint density at radius 3 is 1.65 bits per heavy atom. The molecular formula is C49H40N2. The summed E-state index contributed by atoms with van der Waals surface area (Å²) in [5.74, 6) is 0. The molecule has 0 aliphatic carbocycles. The fourth-order valence-electron chi connectivity index (χ4n) is 8.91. The molecule has 51 heavy (non-hydrogen) atoms. The zero-order chi connectivity index (χ0) is 33.9. The predicted octanol–water partition coefficient (Wildman–Crippen LogP) is 13.0. The van der Waals surface area contributed by atoms with Crippen LogP contribution in [0.15, 0.2) is 152 Å². The molecule has 0 spiro atoms. The van der Waals surface area contributed by atoms with Crippen molar-refractivity contribution in [2.45, 2.75) is 32.6 Å². The second-order valence-electron chi connectivity index (χ2n) is 14.4. The average Bonchev–Trinajstić information content (AvgIpc) is 3.19. The second kappa shape index (κ2) is 12.2. The van der Waals surface area contributed by atoms with Gasteiger partial charge in [-0.25, -0.2) is 0 Å². The molecule has 2 nitrogen and oxygen atoms in total. The Morgan fingerprint density at radius 1 is 0.431 bits per heavy atom. The number of benzene rings is 8. The molecule has 8 aromatic rings. The lowest BCUT2D eigenvalue weighted by molar-refractivity contribution is 0.767. The fourth-order valence-corrected chi connectivity index (χ4v) is 8.91. The maximum absolute atomic E-state index is 2.54. The zero-order valence-electron chi connectivity index (χ0n) is 29.1. The molecule has 0 amide bonds. The number of rotatable bonds is 4. The van der Waals surface area contributed by atoms with E-state index in [2.05, 4.69) is 168 Å². The highest BCUT2D eigenvalue weighted by atomic mass is 15.1. The Kier molecular flexibility index (Phi) is 7.16. The Bertz CT molecular complexity index is 2610. The number of anilines is 4. The van der Waals surface area contributed by atoms with Gasteiger partial charge in [-0.3, -0.25) is 0 Å². The first kappa shape index (κ1) is 30.0. The summed E-state index contributed by atoms with van der Waals surface area (Å²) in [5.41, 5.74) is 14.5. The molecule has 0 saturated heterocycles. The van der Waals surface area contributed by atoms with Gasteiger partial charge in [-0.2, -0.15) is 0 Å². The number of hydrogen-bond donors (Lipinski definition) is 0. The van der Waals surface area contributed by atoms with E-state index in [0.29, 0.717) is 0 Å². The third-order valence-electron chi connectivity index (χ3n) is 11.3. The fraction of sp³-hybridized carbons (Fsp3) is 0.143. The van der Waals surface area contributed by atoms with Gasteiger partial charge in [0, 0.05) is 35.8 Å². The highest BCUT2D eigenvalue weighted by Gasteiger charge is 2.24. The second-order valence-corrected chi connectivity index (χ2v) is 14.4. The van der Waals surface area contributed by atoms with Crippen LogP contribution in [0, 0.1) is 6.92 Å². The van der Waals surface area contributed by atoms with Crippen LogP contribution in [-0.2, 0) is 12.8 Å². The highest BCUT2D eigenvalue weighted by Crippen LogP contribution is 2.48. The van der Waals surface area contributed by atoms with Crippen LogP contribution < -0.4 is 9.80 Å². The van der Waals surface area contributed by atoms with Gasteiger partial charge in [0.15, 0.2) is 0 Å². The summed E-state index contributed by atoms with van der Waals surface area (Å²) in [6, 6.07) is 57.3. The average molecular weight is 657 g/mol. The van der Waals surface area contributed by atoms with Crippen molar-refractivity contribution in [1.82, 2.24) is 0 Å². The van der Waals surface area contributed by atoms with E-state index in [9.17, 15) is 0 Å². The standard InChI is InChI=1S/C49H40N2/c1-33-21-23-37(24-22-33)48-42-27-25-39(51-30-10-16-36-13-4-7-20-47(36)51)32-45(42)49(41-18-8-14-34-11-2-5-17-40(34)41)43-28-26-38(31-44(43)48)50-29-9-15-35-12-3-6-19-46(35)50/h2-8,11-14,17-28,31-32H,9-10,15-16,29-30H2,1H3. The molecular weight excluding hydrogens is 617 g/mol. The monoisotopic (exact) mass is 656 g/mol. The van der Waals surface area contributed by atoms with Crippen molar-refractivity contribution in [2.24, 2.45) is 0 Å². The SMILES string of the molecule is Cc1ccc(-c2c3cc(N4CCCc5ccccc54)ccc3c(-c3cccc4ccccc34)c3cc(N4CCCc5ccccc54)ccc23)cc1. The molecule has 0 radical (unpaired) electrons. The molecule has 0 aromatic heterocycles. The topological polar surface area (TPSA) is 6.48 Å². The Balaban J connectivity index is 1.31. The molecule has 0 atom stereocenters. The summed E-state index contributed by atoms with van der Waals surface area (Å²) in [4.78, 5) is 5.08. The van der Waals surface area contributed by atoms with E-state index in [1.165, 1.54) is 94.0 Å². The minimum Gasteiger partial charge on any atom is -0.341 e. The summed E-state index contributed by atoms with van der Waals surface area (Å²) in [6.45, 7) is 4.22. The summed E-state index contributed by atoms with van der Waals surface area (Å²) >= 11 is 0. The van der Waals surface area contributed by atoms with Gasteiger partial charge >= 0.3 is 0 Å². The van der Waals surface area contributed by atoms with Gasteiger partial charge in [0.25, 0.3) is 0 Å². The van der Waals surface area contributed by atoms with Crippen molar-refractivity contribution in [1.29, 1.82) is 0 Å². The molecule has 0 unspecified atom stereocenters. The summed E-state index contributed by atoms with van der Waals surface area (Å²) in [6.07, 6.45) is 4.57. The number of nitrogens with zero attached hydrogens (tertiary/aromatic N) is 2. The van der Waals surface area contributed by atoms with Crippen molar-refractivity contribution in [3.8, 4) is 22.3 Å². The van der Waals surface area contributed by atoms with Gasteiger partial charge in [-0.15, -0.1) is 0 Å². The van der Waals surface area contributed by atoms with Crippen molar-refractivity contribution >= 4 is 55.1 Å². The maximum atomic E-state index is 2.54. The van der Waals surface area contributed by atoms with E-state index in [1.807, 2.05) is 0 Å². The van der Waals surface area contributed by atoms with E-state index >= 15 is 0 Å². The first-order valence-corrected chi connectivity index (χ1v) is 18.5. The van der Waals surface area contributed by atoms with Gasteiger partial charge in [-0.1, -0.05) is 121 Å². The molecule has 2 heteroatoms. The smallest absolute Gasteiger partial charge is 0.0443 e. The summed E-state index contributed by atoms with van der Waals surface area (Å²) < 4.78 is 0. The van der Waals surface area contributed by atoms with Gasteiger partial charge in [-0.05, 0) is 135 Å². The third kappa shape index (κ3) is 5.01. The Hall–Kier alpha value is -5.86. The van der Waals surface area contributed by atoms with E-state index < -0.39 is 0 Å². The summed E-state index contributed by atoms with van der Waals surface area (Å²) in [7, 11) is 0. The Morgan fingerprint density at radius 2 is 0.980 bits per heavy atom. The van der Waals surface area contributed by atoms with Crippen LogP contribution in [0.25, 0.3) is 54.6 Å². The largest absolute Gasteiger partial charge is 0.341 e. The number of fused-ring (bicyclic) bond motifs is 5. The number of aryl methyl sites for hydroxylation is 3. The lowest BCUT2D eigenvalue weighted by Crippen LogP contribution is -2.24. The van der Waals surface area contributed by atoms with Crippen LogP contribution in [0.5, 0.6) is 0 Å². The van der Waals surface area contributed by atoms with E-state index in [0.717, 1.165) is 38.8 Å². The van der Waals surface area contributed by atoms with Crippen LogP contribution >= 0.6 is 0 Å². The minimum atomic E-state index is 1.02. The van der Waals surface area contributed by atoms with Crippen LogP contribution in [-0.4, -0.2) is 13.1 Å².